The molecule has 0 aromatic carbocycles. The fraction of sp³-hybridized carbons (Fsp3) is 0.688. The van der Waals surface area contributed by atoms with Crippen molar-refractivity contribution >= 4 is 11.8 Å². The summed E-state index contributed by atoms with van der Waals surface area (Å²) in [6.07, 6.45) is 4.89. The van der Waals surface area contributed by atoms with Crippen molar-refractivity contribution in [1.29, 1.82) is 0 Å². The van der Waals surface area contributed by atoms with Gasteiger partial charge in [0.1, 0.15) is 5.69 Å². The van der Waals surface area contributed by atoms with Gasteiger partial charge in [0.25, 0.3) is 5.91 Å². The lowest BCUT2D eigenvalue weighted by Gasteiger charge is -2.45. The standard InChI is InChI=1S/C16H25N5O2/c1-19(2)11-12-21-14(22)3-5-16(21)6-9-20(10-7-16)15(23)13-4-8-17-18-13/h4,8H,3,5-7,9-12H2,1-2H3,(H,17,18). The number of H-pyrrole nitrogens is 1. The zero-order valence-corrected chi connectivity index (χ0v) is 13.9. The van der Waals surface area contributed by atoms with Crippen molar-refractivity contribution in [2.45, 2.75) is 31.2 Å². The number of aromatic amines is 1. The third-order valence-corrected chi connectivity index (χ3v) is 5.16. The molecule has 0 aliphatic carbocycles. The second-order valence-electron chi connectivity index (χ2n) is 6.84. The number of amides is 2. The molecule has 2 fully saturated rings. The SMILES string of the molecule is CN(C)CCN1C(=O)CCC12CCN(C(=O)c1ccn[nH]1)CC2. The highest BCUT2D eigenvalue weighted by Crippen LogP contribution is 2.39. The average molecular weight is 319 g/mol. The van der Waals surface area contributed by atoms with Gasteiger partial charge in [-0.2, -0.15) is 5.10 Å². The summed E-state index contributed by atoms with van der Waals surface area (Å²) in [6.45, 7) is 3.05. The number of likely N-dealkylation sites (N-methyl/N-ethyl adjacent to an activating group) is 1. The fourth-order valence-corrected chi connectivity index (χ4v) is 3.73. The first-order valence-electron chi connectivity index (χ1n) is 8.26. The Kier molecular flexibility index (Phi) is 4.39. The van der Waals surface area contributed by atoms with E-state index in [1.54, 1.807) is 12.3 Å². The van der Waals surface area contributed by atoms with E-state index in [1.807, 2.05) is 19.0 Å². The van der Waals surface area contributed by atoms with Crippen molar-refractivity contribution in [2.75, 3.05) is 40.3 Å². The van der Waals surface area contributed by atoms with Crippen molar-refractivity contribution in [3.8, 4) is 0 Å². The van der Waals surface area contributed by atoms with E-state index < -0.39 is 0 Å². The highest BCUT2D eigenvalue weighted by atomic mass is 16.2. The molecule has 1 N–H and O–H groups in total. The summed E-state index contributed by atoms with van der Waals surface area (Å²) in [4.78, 5) is 30.7. The molecule has 0 bridgehead atoms. The highest BCUT2D eigenvalue weighted by molar-refractivity contribution is 5.92. The molecule has 2 aliphatic rings. The van der Waals surface area contributed by atoms with Crippen LogP contribution in [0.1, 0.15) is 36.2 Å². The molecule has 0 radical (unpaired) electrons. The number of nitrogens with one attached hydrogen (secondary N) is 1. The van der Waals surface area contributed by atoms with E-state index in [2.05, 4.69) is 20.0 Å². The second kappa shape index (κ2) is 6.31. The number of carbonyl (C=O) groups is 2. The van der Waals surface area contributed by atoms with Crippen molar-refractivity contribution in [1.82, 2.24) is 24.9 Å². The van der Waals surface area contributed by atoms with Crippen LogP contribution in [0.2, 0.25) is 0 Å². The molecule has 7 heteroatoms. The number of nitrogens with zero attached hydrogens (tertiary/aromatic N) is 4. The van der Waals surface area contributed by atoms with Crippen LogP contribution in [0.5, 0.6) is 0 Å². The number of hydrogen-bond donors (Lipinski definition) is 1. The van der Waals surface area contributed by atoms with Crippen LogP contribution in [0.4, 0.5) is 0 Å². The van der Waals surface area contributed by atoms with Crippen LogP contribution >= 0.6 is 0 Å². The van der Waals surface area contributed by atoms with E-state index in [-0.39, 0.29) is 17.4 Å². The summed E-state index contributed by atoms with van der Waals surface area (Å²) >= 11 is 0. The van der Waals surface area contributed by atoms with Gasteiger partial charge < -0.3 is 14.7 Å². The van der Waals surface area contributed by atoms with E-state index >= 15 is 0 Å². The fourth-order valence-electron chi connectivity index (χ4n) is 3.73. The number of aromatic nitrogens is 2. The molecule has 7 nitrogen and oxygen atoms in total. The van der Waals surface area contributed by atoms with Crippen LogP contribution in [-0.2, 0) is 4.79 Å². The Balaban J connectivity index is 1.64. The molecular weight excluding hydrogens is 294 g/mol. The maximum atomic E-state index is 12.4. The zero-order chi connectivity index (χ0) is 16.4. The van der Waals surface area contributed by atoms with E-state index in [4.69, 9.17) is 0 Å². The average Bonchev–Trinajstić information content (AvgIpc) is 3.16. The lowest BCUT2D eigenvalue weighted by atomic mass is 9.85. The lowest BCUT2D eigenvalue weighted by Crippen LogP contribution is -2.55. The Labute approximate surface area is 136 Å². The molecule has 2 amide bonds. The third kappa shape index (κ3) is 3.10. The Hall–Kier alpha value is -1.89. The van der Waals surface area contributed by atoms with Crippen molar-refractivity contribution in [3.63, 3.8) is 0 Å². The first-order chi connectivity index (χ1) is 11.0. The summed E-state index contributed by atoms with van der Waals surface area (Å²) in [5, 5.41) is 6.57. The Morgan fingerprint density at radius 3 is 2.70 bits per heavy atom. The largest absolute Gasteiger partial charge is 0.337 e. The van der Waals surface area contributed by atoms with Gasteiger partial charge in [0.15, 0.2) is 0 Å². The van der Waals surface area contributed by atoms with E-state index in [1.165, 1.54) is 0 Å². The predicted molar refractivity (Wildman–Crippen MR) is 86.0 cm³/mol. The quantitative estimate of drug-likeness (QED) is 0.880. The van der Waals surface area contributed by atoms with Gasteiger partial charge in [0.05, 0.1) is 0 Å². The monoisotopic (exact) mass is 319 g/mol. The van der Waals surface area contributed by atoms with Crippen LogP contribution in [0.3, 0.4) is 0 Å². The summed E-state index contributed by atoms with van der Waals surface area (Å²) in [6, 6.07) is 1.70. The molecule has 2 saturated heterocycles. The van der Waals surface area contributed by atoms with Crippen LogP contribution in [0, 0.1) is 0 Å². The maximum absolute atomic E-state index is 12.4. The first-order valence-corrected chi connectivity index (χ1v) is 8.26. The minimum Gasteiger partial charge on any atom is -0.337 e. The zero-order valence-electron chi connectivity index (χ0n) is 13.9. The summed E-state index contributed by atoms with van der Waals surface area (Å²) in [7, 11) is 4.05. The van der Waals surface area contributed by atoms with Gasteiger partial charge in [-0.05, 0) is 39.4 Å². The number of hydrogen-bond acceptors (Lipinski definition) is 4. The molecule has 3 rings (SSSR count). The second-order valence-corrected chi connectivity index (χ2v) is 6.84. The molecule has 126 valence electrons. The molecule has 0 saturated carbocycles. The molecular formula is C16H25N5O2. The van der Waals surface area contributed by atoms with Crippen LogP contribution < -0.4 is 0 Å². The molecule has 0 unspecified atom stereocenters. The Morgan fingerprint density at radius 2 is 2.09 bits per heavy atom. The minimum absolute atomic E-state index is 0.00140. The first kappa shape index (κ1) is 16.0. The van der Waals surface area contributed by atoms with Crippen LogP contribution in [0.25, 0.3) is 0 Å². The van der Waals surface area contributed by atoms with Gasteiger partial charge in [0.2, 0.25) is 5.91 Å². The van der Waals surface area contributed by atoms with Crippen LogP contribution in [0.15, 0.2) is 12.3 Å². The van der Waals surface area contributed by atoms with Crippen LogP contribution in [-0.4, -0.2) is 82.5 Å². The van der Waals surface area contributed by atoms with Gasteiger partial charge in [-0.25, -0.2) is 0 Å². The van der Waals surface area contributed by atoms with Gasteiger partial charge >= 0.3 is 0 Å². The van der Waals surface area contributed by atoms with Gasteiger partial charge in [-0.1, -0.05) is 0 Å². The molecule has 1 aromatic rings. The van der Waals surface area contributed by atoms with E-state index in [0.29, 0.717) is 25.2 Å². The smallest absolute Gasteiger partial charge is 0.271 e. The number of rotatable bonds is 4. The highest BCUT2D eigenvalue weighted by Gasteiger charge is 2.47. The van der Waals surface area contributed by atoms with E-state index in [9.17, 15) is 9.59 Å². The molecule has 1 aromatic heterocycles. The summed E-state index contributed by atoms with van der Waals surface area (Å²) < 4.78 is 0. The molecule has 3 heterocycles. The van der Waals surface area contributed by atoms with E-state index in [0.717, 1.165) is 32.4 Å². The summed E-state index contributed by atoms with van der Waals surface area (Å²) in [5.41, 5.74) is 0.491. The Morgan fingerprint density at radius 1 is 1.35 bits per heavy atom. The van der Waals surface area contributed by atoms with Gasteiger partial charge in [0, 0.05) is 44.3 Å². The Bertz CT molecular complexity index is 561. The number of likely N-dealkylation sites (tertiary alicyclic amines) is 2. The minimum atomic E-state index is -0.0438. The molecule has 1 spiro atoms. The molecule has 0 atom stereocenters. The van der Waals surface area contributed by atoms with Crippen molar-refractivity contribution < 1.29 is 9.59 Å². The molecule has 23 heavy (non-hydrogen) atoms. The molecule has 2 aliphatic heterocycles. The third-order valence-electron chi connectivity index (χ3n) is 5.16. The van der Waals surface area contributed by atoms with Gasteiger partial charge in [-0.15, -0.1) is 0 Å². The van der Waals surface area contributed by atoms with Crippen molar-refractivity contribution in [3.05, 3.63) is 18.0 Å². The maximum Gasteiger partial charge on any atom is 0.271 e. The van der Waals surface area contributed by atoms with Crippen molar-refractivity contribution in [2.24, 2.45) is 0 Å². The predicted octanol–water partition coefficient (Wildman–Crippen LogP) is 0.569. The van der Waals surface area contributed by atoms with Gasteiger partial charge in [-0.3, -0.25) is 14.7 Å². The number of carbonyl (C=O) groups excluding carboxylic acids is 2. The normalized spacial score (nSPS) is 20.7. The lowest BCUT2D eigenvalue weighted by molar-refractivity contribution is -0.132. The topological polar surface area (TPSA) is 72.5 Å². The number of piperidine rings is 1. The summed E-state index contributed by atoms with van der Waals surface area (Å²) in [5.74, 6) is 0.265.